The highest BCUT2D eigenvalue weighted by atomic mass is 32.2. The summed E-state index contributed by atoms with van der Waals surface area (Å²) in [7, 11) is -0.556. The smallest absolute Gasteiger partial charge is 0.255 e. The largest absolute Gasteiger partial charge is 0.493 e. The number of amides is 1. The van der Waals surface area contributed by atoms with Crippen molar-refractivity contribution in [1.82, 2.24) is 0 Å². The minimum Gasteiger partial charge on any atom is -0.493 e. The maximum atomic E-state index is 12.5. The minimum absolute atomic E-state index is 0.148. The van der Waals surface area contributed by atoms with Gasteiger partial charge in [-0.15, -0.1) is 0 Å². The molecule has 0 atom stereocenters. The van der Waals surface area contributed by atoms with Crippen LogP contribution in [0.3, 0.4) is 0 Å². The highest BCUT2D eigenvalue weighted by Crippen LogP contribution is 2.30. The van der Waals surface area contributed by atoms with Gasteiger partial charge in [0.1, 0.15) is 0 Å². The van der Waals surface area contributed by atoms with Crippen LogP contribution in [0.5, 0.6) is 11.5 Å². The second kappa shape index (κ2) is 8.07. The molecule has 0 fully saturated rings. The van der Waals surface area contributed by atoms with Gasteiger partial charge in [-0.25, -0.2) is 8.42 Å². The quantitative estimate of drug-likeness (QED) is 0.675. The number of nitrogens with one attached hydrogen (secondary N) is 2. The Hall–Kier alpha value is -2.78. The Morgan fingerprint density at radius 3 is 2.35 bits per heavy atom. The van der Waals surface area contributed by atoms with Crippen LogP contribution in [0, 0.1) is 0 Å². The number of aliphatic hydroxyl groups is 1. The number of ether oxygens (including phenoxy) is 2. The van der Waals surface area contributed by atoms with Crippen molar-refractivity contribution in [1.29, 1.82) is 0 Å². The minimum atomic E-state index is -3.55. The summed E-state index contributed by atoms with van der Waals surface area (Å²) >= 11 is 0. The highest BCUT2D eigenvalue weighted by molar-refractivity contribution is 7.92. The topological polar surface area (TPSA) is 114 Å². The van der Waals surface area contributed by atoms with Gasteiger partial charge in [0.15, 0.2) is 11.5 Å². The number of methoxy groups -OCH3 is 2. The molecule has 0 bridgehead atoms. The Labute approximate surface area is 151 Å². The van der Waals surface area contributed by atoms with E-state index in [0.717, 1.165) is 6.26 Å². The van der Waals surface area contributed by atoms with E-state index in [1.807, 2.05) is 0 Å². The molecule has 0 radical (unpaired) electrons. The molecular formula is C17H20N2O6S. The van der Waals surface area contributed by atoms with Crippen LogP contribution in [0.15, 0.2) is 36.4 Å². The average molecular weight is 380 g/mol. The maximum absolute atomic E-state index is 12.5. The summed E-state index contributed by atoms with van der Waals surface area (Å²) < 4.78 is 35.5. The summed E-state index contributed by atoms with van der Waals surface area (Å²) in [5.41, 5.74) is 1.22. The lowest BCUT2D eigenvalue weighted by molar-refractivity contribution is 0.102. The summed E-state index contributed by atoms with van der Waals surface area (Å²) in [5.74, 6) is 0.538. The Bertz CT molecular complexity index is 911. The molecule has 2 aromatic rings. The molecule has 0 unspecified atom stereocenters. The summed E-state index contributed by atoms with van der Waals surface area (Å²) in [5, 5.41) is 12.0. The van der Waals surface area contributed by atoms with Crippen molar-refractivity contribution in [2.75, 3.05) is 30.5 Å². The first kappa shape index (κ1) is 19.5. The molecule has 0 heterocycles. The van der Waals surface area contributed by atoms with Crippen LogP contribution in [-0.4, -0.2) is 39.9 Å². The van der Waals surface area contributed by atoms with Crippen molar-refractivity contribution >= 4 is 27.3 Å². The van der Waals surface area contributed by atoms with Crippen LogP contribution in [0.25, 0.3) is 0 Å². The third-order valence-corrected chi connectivity index (χ3v) is 4.07. The van der Waals surface area contributed by atoms with Crippen molar-refractivity contribution in [3.63, 3.8) is 0 Å². The Morgan fingerprint density at radius 2 is 1.77 bits per heavy atom. The Morgan fingerprint density at radius 1 is 1.08 bits per heavy atom. The number of anilines is 2. The van der Waals surface area contributed by atoms with E-state index in [-0.39, 0.29) is 17.9 Å². The van der Waals surface area contributed by atoms with Crippen molar-refractivity contribution in [3.05, 3.63) is 47.5 Å². The van der Waals surface area contributed by atoms with E-state index in [1.165, 1.54) is 32.4 Å². The summed E-state index contributed by atoms with van der Waals surface area (Å²) in [6.45, 7) is -0.366. The van der Waals surface area contributed by atoms with E-state index in [1.54, 1.807) is 18.2 Å². The monoisotopic (exact) mass is 380 g/mol. The third-order valence-electron chi connectivity index (χ3n) is 3.48. The molecule has 8 nitrogen and oxygen atoms in total. The number of aliphatic hydroxyl groups excluding tert-OH is 1. The van der Waals surface area contributed by atoms with Gasteiger partial charge < -0.3 is 19.9 Å². The number of hydrogen-bond acceptors (Lipinski definition) is 6. The zero-order valence-corrected chi connectivity index (χ0v) is 15.4. The molecule has 3 N–H and O–H groups in total. The standard InChI is InChI=1S/C17H20N2O6S/c1-24-15-7-6-13(9-16(15)25-2)18-17(21)11-4-5-12(10-20)14(8-11)19-26(3,22)23/h4-9,19-20H,10H2,1-3H3,(H,18,21). The van der Waals surface area contributed by atoms with Crippen LogP contribution in [0.2, 0.25) is 0 Å². The third kappa shape index (κ3) is 4.87. The van der Waals surface area contributed by atoms with Crippen molar-refractivity contribution in [2.45, 2.75) is 6.61 Å². The van der Waals surface area contributed by atoms with Gasteiger partial charge in [-0.3, -0.25) is 9.52 Å². The fraction of sp³-hybridized carbons (Fsp3) is 0.235. The van der Waals surface area contributed by atoms with E-state index in [2.05, 4.69) is 10.0 Å². The fourth-order valence-corrected chi connectivity index (χ4v) is 2.86. The number of rotatable bonds is 7. The molecular weight excluding hydrogens is 360 g/mol. The lowest BCUT2D eigenvalue weighted by Crippen LogP contribution is -2.15. The van der Waals surface area contributed by atoms with Gasteiger partial charge in [0.2, 0.25) is 10.0 Å². The van der Waals surface area contributed by atoms with E-state index in [9.17, 15) is 18.3 Å². The van der Waals surface area contributed by atoms with Crippen LogP contribution in [0.4, 0.5) is 11.4 Å². The first-order chi connectivity index (χ1) is 12.3. The lowest BCUT2D eigenvalue weighted by Gasteiger charge is -2.13. The normalized spacial score (nSPS) is 10.9. The van der Waals surface area contributed by atoms with Gasteiger partial charge >= 0.3 is 0 Å². The van der Waals surface area contributed by atoms with Crippen LogP contribution in [-0.2, 0) is 16.6 Å². The van der Waals surface area contributed by atoms with E-state index in [0.29, 0.717) is 22.7 Å². The highest BCUT2D eigenvalue weighted by Gasteiger charge is 2.13. The van der Waals surface area contributed by atoms with Gasteiger partial charge in [-0.05, 0) is 24.3 Å². The van der Waals surface area contributed by atoms with E-state index >= 15 is 0 Å². The molecule has 0 saturated carbocycles. The Kier molecular flexibility index (Phi) is 6.06. The number of sulfonamides is 1. The lowest BCUT2D eigenvalue weighted by atomic mass is 10.1. The molecule has 0 aliphatic rings. The number of benzene rings is 2. The fourth-order valence-electron chi connectivity index (χ4n) is 2.27. The zero-order chi connectivity index (χ0) is 19.3. The van der Waals surface area contributed by atoms with Crippen molar-refractivity contribution in [2.24, 2.45) is 0 Å². The first-order valence-corrected chi connectivity index (χ1v) is 9.41. The first-order valence-electron chi connectivity index (χ1n) is 7.52. The summed E-state index contributed by atoms with van der Waals surface area (Å²) in [6, 6.07) is 9.25. The molecule has 0 aliphatic heterocycles. The van der Waals surface area contributed by atoms with Crippen LogP contribution >= 0.6 is 0 Å². The van der Waals surface area contributed by atoms with Gasteiger partial charge in [0.05, 0.1) is 32.8 Å². The summed E-state index contributed by atoms with van der Waals surface area (Å²) in [4.78, 5) is 12.5. The van der Waals surface area contributed by atoms with Gasteiger partial charge in [0, 0.05) is 22.9 Å². The van der Waals surface area contributed by atoms with E-state index in [4.69, 9.17) is 9.47 Å². The van der Waals surface area contributed by atoms with Crippen LogP contribution in [0.1, 0.15) is 15.9 Å². The molecule has 2 aromatic carbocycles. The molecule has 1 amide bonds. The Balaban J connectivity index is 2.28. The molecule has 140 valence electrons. The van der Waals surface area contributed by atoms with Gasteiger partial charge in [-0.2, -0.15) is 0 Å². The molecule has 2 rings (SSSR count). The second-order valence-electron chi connectivity index (χ2n) is 5.43. The van der Waals surface area contributed by atoms with Crippen LogP contribution < -0.4 is 19.5 Å². The molecule has 0 aliphatic carbocycles. The van der Waals surface area contributed by atoms with E-state index < -0.39 is 15.9 Å². The number of hydrogen-bond donors (Lipinski definition) is 3. The molecule has 0 aromatic heterocycles. The summed E-state index contributed by atoms with van der Waals surface area (Å²) in [6.07, 6.45) is 0.991. The average Bonchev–Trinajstić information content (AvgIpc) is 2.60. The number of carbonyl (C=O) groups excluding carboxylic acids is 1. The van der Waals surface area contributed by atoms with Crippen molar-refractivity contribution in [3.8, 4) is 11.5 Å². The van der Waals surface area contributed by atoms with Crippen molar-refractivity contribution < 1.29 is 27.8 Å². The number of carbonyl (C=O) groups is 1. The molecule has 0 saturated heterocycles. The molecule has 26 heavy (non-hydrogen) atoms. The second-order valence-corrected chi connectivity index (χ2v) is 7.18. The predicted octanol–water partition coefficient (Wildman–Crippen LogP) is 1.82. The predicted molar refractivity (Wildman–Crippen MR) is 98.3 cm³/mol. The van der Waals surface area contributed by atoms with Gasteiger partial charge in [-0.1, -0.05) is 6.07 Å². The maximum Gasteiger partial charge on any atom is 0.255 e. The molecule has 0 spiro atoms. The zero-order valence-electron chi connectivity index (χ0n) is 14.6. The SMILES string of the molecule is COc1ccc(NC(=O)c2ccc(CO)c(NS(C)(=O)=O)c2)cc1OC. The molecule has 9 heteroatoms. The van der Waals surface area contributed by atoms with Gasteiger partial charge in [0.25, 0.3) is 5.91 Å².